The molecule has 0 aliphatic rings. The van der Waals surface area contributed by atoms with Crippen LogP contribution >= 0.6 is 0 Å². The maximum Gasteiger partial charge on any atom is 0.257 e. The molecule has 0 atom stereocenters. The topological polar surface area (TPSA) is 63.2 Å². The number of pyridine rings is 1. The lowest BCUT2D eigenvalue weighted by Crippen LogP contribution is -2.13. The first-order valence-corrected chi connectivity index (χ1v) is 8.93. The van der Waals surface area contributed by atoms with Crippen molar-refractivity contribution in [2.45, 2.75) is 12.8 Å². The number of carbonyl (C=O) groups is 1. The van der Waals surface area contributed by atoms with Gasteiger partial charge in [-0.1, -0.05) is 30.3 Å². The molecule has 2 aromatic carbocycles. The number of methoxy groups -OCH3 is 1. The Hall–Kier alpha value is -3.34. The summed E-state index contributed by atoms with van der Waals surface area (Å²) >= 11 is 0. The number of anilines is 2. The van der Waals surface area contributed by atoms with E-state index in [1.54, 1.807) is 43.8 Å². The van der Waals surface area contributed by atoms with Gasteiger partial charge in [-0.3, -0.25) is 9.78 Å². The number of carbonyl (C=O) groups excluding carboxylic acids is 1. The SMILES string of the molecule is COc1ccc(NC(=O)c2cncc(NCCCc3ccccc3)c2)cc1. The quantitative estimate of drug-likeness (QED) is 0.584. The normalized spacial score (nSPS) is 10.3. The van der Waals surface area contributed by atoms with Gasteiger partial charge in [0, 0.05) is 24.6 Å². The maximum atomic E-state index is 12.4. The zero-order chi connectivity index (χ0) is 18.9. The van der Waals surface area contributed by atoms with Gasteiger partial charge in [-0.15, -0.1) is 0 Å². The minimum absolute atomic E-state index is 0.194. The molecule has 0 unspecified atom stereocenters. The maximum absolute atomic E-state index is 12.4. The second kappa shape index (κ2) is 9.38. The monoisotopic (exact) mass is 361 g/mol. The van der Waals surface area contributed by atoms with Crippen LogP contribution in [-0.2, 0) is 6.42 Å². The molecular weight excluding hydrogens is 338 g/mol. The predicted molar refractivity (Wildman–Crippen MR) is 108 cm³/mol. The van der Waals surface area contributed by atoms with Crippen molar-refractivity contribution in [2.75, 3.05) is 24.3 Å². The molecule has 138 valence electrons. The summed E-state index contributed by atoms with van der Waals surface area (Å²) in [5.74, 6) is 0.553. The van der Waals surface area contributed by atoms with Crippen molar-refractivity contribution in [1.29, 1.82) is 0 Å². The fourth-order valence-corrected chi connectivity index (χ4v) is 2.71. The molecular formula is C22H23N3O2. The van der Waals surface area contributed by atoms with Crippen molar-refractivity contribution in [3.8, 4) is 5.75 Å². The van der Waals surface area contributed by atoms with E-state index < -0.39 is 0 Å². The number of amides is 1. The number of aromatic nitrogens is 1. The van der Waals surface area contributed by atoms with Crippen LogP contribution < -0.4 is 15.4 Å². The molecule has 0 fully saturated rings. The summed E-state index contributed by atoms with van der Waals surface area (Å²) in [5, 5.41) is 6.19. The zero-order valence-electron chi connectivity index (χ0n) is 15.3. The third-order valence-corrected chi connectivity index (χ3v) is 4.16. The molecule has 0 aliphatic heterocycles. The van der Waals surface area contributed by atoms with Gasteiger partial charge >= 0.3 is 0 Å². The lowest BCUT2D eigenvalue weighted by Gasteiger charge is -2.09. The molecule has 2 N–H and O–H groups in total. The highest BCUT2D eigenvalue weighted by Crippen LogP contribution is 2.16. The van der Waals surface area contributed by atoms with Gasteiger partial charge in [0.05, 0.1) is 18.4 Å². The average molecular weight is 361 g/mol. The Morgan fingerprint density at radius 3 is 2.52 bits per heavy atom. The highest BCUT2D eigenvalue weighted by atomic mass is 16.5. The largest absolute Gasteiger partial charge is 0.497 e. The molecule has 1 aromatic heterocycles. The van der Waals surface area contributed by atoms with Crippen LogP contribution in [0.2, 0.25) is 0 Å². The second-order valence-corrected chi connectivity index (χ2v) is 6.16. The molecule has 5 heteroatoms. The van der Waals surface area contributed by atoms with Gasteiger partial charge < -0.3 is 15.4 Å². The van der Waals surface area contributed by atoms with Gasteiger partial charge in [-0.25, -0.2) is 0 Å². The minimum atomic E-state index is -0.194. The van der Waals surface area contributed by atoms with Crippen LogP contribution in [0, 0.1) is 0 Å². The van der Waals surface area contributed by atoms with Crippen LogP contribution in [0.25, 0.3) is 0 Å². The van der Waals surface area contributed by atoms with Crippen LogP contribution in [0.1, 0.15) is 22.3 Å². The van der Waals surface area contributed by atoms with E-state index in [1.165, 1.54) is 5.56 Å². The molecule has 0 saturated carbocycles. The Morgan fingerprint density at radius 2 is 1.78 bits per heavy atom. The minimum Gasteiger partial charge on any atom is -0.497 e. The highest BCUT2D eigenvalue weighted by Gasteiger charge is 2.08. The van der Waals surface area contributed by atoms with E-state index >= 15 is 0 Å². The first-order valence-electron chi connectivity index (χ1n) is 8.93. The van der Waals surface area contributed by atoms with Crippen LogP contribution in [0.15, 0.2) is 73.1 Å². The van der Waals surface area contributed by atoms with Crippen molar-refractivity contribution < 1.29 is 9.53 Å². The summed E-state index contributed by atoms with van der Waals surface area (Å²) in [6.07, 6.45) is 5.31. The Balaban J connectivity index is 1.52. The number of ether oxygens (including phenoxy) is 1. The summed E-state index contributed by atoms with van der Waals surface area (Å²) in [5.41, 5.74) is 3.39. The van der Waals surface area contributed by atoms with E-state index in [1.807, 2.05) is 12.1 Å². The molecule has 5 nitrogen and oxygen atoms in total. The van der Waals surface area contributed by atoms with Crippen molar-refractivity contribution >= 4 is 17.3 Å². The number of nitrogens with one attached hydrogen (secondary N) is 2. The van der Waals surface area contributed by atoms with Crippen LogP contribution in [0.5, 0.6) is 5.75 Å². The second-order valence-electron chi connectivity index (χ2n) is 6.16. The molecule has 0 saturated heterocycles. The smallest absolute Gasteiger partial charge is 0.257 e. The number of nitrogens with zero attached hydrogens (tertiary/aromatic N) is 1. The van der Waals surface area contributed by atoms with Gasteiger partial charge in [0.25, 0.3) is 5.91 Å². The number of rotatable bonds is 8. The predicted octanol–water partition coefficient (Wildman–Crippen LogP) is 4.39. The molecule has 1 amide bonds. The van der Waals surface area contributed by atoms with Crippen LogP contribution in [-0.4, -0.2) is 24.5 Å². The van der Waals surface area contributed by atoms with E-state index in [9.17, 15) is 4.79 Å². The fraction of sp³-hybridized carbons (Fsp3) is 0.182. The summed E-state index contributed by atoms with van der Waals surface area (Å²) < 4.78 is 5.12. The molecule has 0 radical (unpaired) electrons. The zero-order valence-corrected chi connectivity index (χ0v) is 15.3. The average Bonchev–Trinajstić information content (AvgIpc) is 2.73. The number of hydrogen-bond donors (Lipinski definition) is 2. The fourth-order valence-electron chi connectivity index (χ4n) is 2.71. The van der Waals surface area contributed by atoms with E-state index in [2.05, 4.69) is 39.9 Å². The highest BCUT2D eigenvalue weighted by molar-refractivity contribution is 6.04. The van der Waals surface area contributed by atoms with Crippen molar-refractivity contribution in [1.82, 2.24) is 4.98 Å². The Labute approximate surface area is 159 Å². The summed E-state index contributed by atoms with van der Waals surface area (Å²) in [6, 6.07) is 19.4. The van der Waals surface area contributed by atoms with E-state index in [0.29, 0.717) is 11.3 Å². The molecule has 0 bridgehead atoms. The lowest BCUT2D eigenvalue weighted by molar-refractivity contribution is 0.102. The third kappa shape index (κ3) is 5.57. The molecule has 27 heavy (non-hydrogen) atoms. The van der Waals surface area contributed by atoms with Gasteiger partial charge in [0.15, 0.2) is 0 Å². The molecule has 0 spiro atoms. The standard InChI is InChI=1S/C22H23N3O2/c1-27-21-11-9-19(10-12-21)25-22(26)18-14-20(16-23-15-18)24-13-5-8-17-6-3-2-4-7-17/h2-4,6-7,9-12,14-16,24H,5,8,13H2,1H3,(H,25,26). The van der Waals surface area contributed by atoms with Gasteiger partial charge in [-0.2, -0.15) is 0 Å². The van der Waals surface area contributed by atoms with Gasteiger partial charge in [0.1, 0.15) is 5.75 Å². The van der Waals surface area contributed by atoms with Crippen molar-refractivity contribution in [3.05, 3.63) is 84.2 Å². The summed E-state index contributed by atoms with van der Waals surface area (Å²) in [7, 11) is 1.61. The summed E-state index contributed by atoms with van der Waals surface area (Å²) in [4.78, 5) is 16.6. The number of aryl methyl sites for hydroxylation is 1. The lowest BCUT2D eigenvalue weighted by atomic mass is 10.1. The van der Waals surface area contributed by atoms with E-state index in [0.717, 1.165) is 30.8 Å². The first kappa shape index (κ1) is 18.5. The van der Waals surface area contributed by atoms with Gasteiger partial charge in [0.2, 0.25) is 0 Å². The van der Waals surface area contributed by atoms with Crippen molar-refractivity contribution in [3.63, 3.8) is 0 Å². The van der Waals surface area contributed by atoms with Crippen LogP contribution in [0.4, 0.5) is 11.4 Å². The van der Waals surface area contributed by atoms with E-state index in [4.69, 9.17) is 4.74 Å². The van der Waals surface area contributed by atoms with E-state index in [-0.39, 0.29) is 5.91 Å². The van der Waals surface area contributed by atoms with Crippen molar-refractivity contribution in [2.24, 2.45) is 0 Å². The molecule has 0 aliphatic carbocycles. The Morgan fingerprint density at radius 1 is 1.00 bits per heavy atom. The van der Waals surface area contributed by atoms with Gasteiger partial charge in [-0.05, 0) is 48.7 Å². The Kier molecular flexibility index (Phi) is 6.41. The first-order chi connectivity index (χ1) is 13.2. The van der Waals surface area contributed by atoms with Crippen LogP contribution in [0.3, 0.4) is 0 Å². The summed E-state index contributed by atoms with van der Waals surface area (Å²) in [6.45, 7) is 0.820. The molecule has 3 rings (SSSR count). The molecule has 1 heterocycles. The number of benzene rings is 2. The Bertz CT molecular complexity index is 864. The third-order valence-electron chi connectivity index (χ3n) is 4.16. The number of hydrogen-bond acceptors (Lipinski definition) is 4. The molecule has 3 aromatic rings.